The van der Waals surface area contributed by atoms with Gasteiger partial charge in [0.05, 0.1) is 11.7 Å². The molecule has 6 heteroatoms. The van der Waals surface area contributed by atoms with Crippen molar-refractivity contribution in [3.63, 3.8) is 0 Å². The standard InChI is InChI=1S/C16H16BrN5/c1-11-10-13(8-9-15(11)17)18-12(2)16-19-20-21-22(16)14-6-4-3-5-7-14/h3-10,12,18H,1-2H3. The van der Waals surface area contributed by atoms with Crippen molar-refractivity contribution in [3.8, 4) is 5.69 Å². The van der Waals surface area contributed by atoms with Crippen LogP contribution in [0, 0.1) is 6.92 Å². The van der Waals surface area contributed by atoms with Crippen LogP contribution in [-0.2, 0) is 0 Å². The van der Waals surface area contributed by atoms with E-state index >= 15 is 0 Å². The molecule has 1 unspecified atom stereocenters. The molecule has 0 radical (unpaired) electrons. The zero-order valence-electron chi connectivity index (χ0n) is 12.4. The van der Waals surface area contributed by atoms with Crippen molar-refractivity contribution in [3.05, 3.63) is 64.4 Å². The smallest absolute Gasteiger partial charge is 0.178 e. The molecule has 0 amide bonds. The van der Waals surface area contributed by atoms with Crippen LogP contribution in [0.3, 0.4) is 0 Å². The molecule has 5 nitrogen and oxygen atoms in total. The summed E-state index contributed by atoms with van der Waals surface area (Å²) < 4.78 is 2.85. The number of aryl methyl sites for hydroxylation is 1. The topological polar surface area (TPSA) is 55.6 Å². The number of anilines is 1. The van der Waals surface area contributed by atoms with Gasteiger partial charge >= 0.3 is 0 Å². The molecule has 3 aromatic rings. The zero-order chi connectivity index (χ0) is 15.5. The highest BCUT2D eigenvalue weighted by Gasteiger charge is 2.15. The van der Waals surface area contributed by atoms with Crippen LogP contribution in [-0.4, -0.2) is 20.2 Å². The molecular formula is C16H16BrN5. The highest BCUT2D eigenvalue weighted by Crippen LogP contribution is 2.23. The van der Waals surface area contributed by atoms with Gasteiger partial charge in [0.2, 0.25) is 0 Å². The molecule has 2 aromatic carbocycles. The second-order valence-electron chi connectivity index (χ2n) is 5.11. The molecule has 0 aliphatic heterocycles. The number of hydrogen-bond donors (Lipinski definition) is 1. The van der Waals surface area contributed by atoms with Gasteiger partial charge in [0, 0.05) is 10.2 Å². The molecule has 22 heavy (non-hydrogen) atoms. The molecule has 0 fully saturated rings. The van der Waals surface area contributed by atoms with Gasteiger partial charge in [-0.3, -0.25) is 0 Å². The Morgan fingerprint density at radius 1 is 1.14 bits per heavy atom. The zero-order valence-corrected chi connectivity index (χ0v) is 13.9. The minimum atomic E-state index is -0.0178. The monoisotopic (exact) mass is 357 g/mol. The number of rotatable bonds is 4. The van der Waals surface area contributed by atoms with E-state index in [2.05, 4.69) is 49.8 Å². The fourth-order valence-corrected chi connectivity index (χ4v) is 2.51. The second kappa shape index (κ2) is 6.27. The molecule has 0 aliphatic rings. The van der Waals surface area contributed by atoms with E-state index in [-0.39, 0.29) is 6.04 Å². The first-order valence-corrected chi connectivity index (χ1v) is 7.81. The first kappa shape index (κ1) is 14.7. The first-order chi connectivity index (χ1) is 10.6. The van der Waals surface area contributed by atoms with E-state index in [1.807, 2.05) is 49.4 Å². The summed E-state index contributed by atoms with van der Waals surface area (Å²) in [6.07, 6.45) is 0. The van der Waals surface area contributed by atoms with Gasteiger partial charge < -0.3 is 5.32 Å². The average Bonchev–Trinajstić information content (AvgIpc) is 3.01. The van der Waals surface area contributed by atoms with Gasteiger partial charge in [-0.1, -0.05) is 34.1 Å². The Labute approximate surface area is 137 Å². The van der Waals surface area contributed by atoms with Gasteiger partial charge in [0.15, 0.2) is 5.82 Å². The maximum absolute atomic E-state index is 4.16. The van der Waals surface area contributed by atoms with E-state index in [0.717, 1.165) is 21.7 Å². The number of tetrazole rings is 1. The van der Waals surface area contributed by atoms with Crippen molar-refractivity contribution in [1.29, 1.82) is 0 Å². The molecule has 112 valence electrons. The largest absolute Gasteiger partial charge is 0.375 e. The molecule has 3 rings (SSSR count). The quantitative estimate of drug-likeness (QED) is 0.768. The molecule has 1 atom stereocenters. The minimum Gasteiger partial charge on any atom is -0.375 e. The molecule has 0 saturated heterocycles. The number of halogens is 1. The Hall–Kier alpha value is -2.21. The normalized spacial score (nSPS) is 12.1. The van der Waals surface area contributed by atoms with E-state index in [1.165, 1.54) is 5.56 Å². The van der Waals surface area contributed by atoms with Crippen LogP contribution in [0.5, 0.6) is 0 Å². The van der Waals surface area contributed by atoms with Gasteiger partial charge in [-0.2, -0.15) is 4.68 Å². The summed E-state index contributed by atoms with van der Waals surface area (Å²) in [5.41, 5.74) is 3.17. The van der Waals surface area contributed by atoms with Gasteiger partial charge in [-0.25, -0.2) is 0 Å². The predicted molar refractivity (Wildman–Crippen MR) is 90.1 cm³/mol. The average molecular weight is 358 g/mol. The Bertz CT molecular complexity index is 769. The second-order valence-corrected chi connectivity index (χ2v) is 5.97. The molecule has 0 saturated carbocycles. The lowest BCUT2D eigenvalue weighted by Crippen LogP contribution is -2.13. The summed E-state index contributed by atoms with van der Waals surface area (Å²) in [5.74, 6) is 0.770. The molecule has 1 heterocycles. The van der Waals surface area contributed by atoms with E-state index < -0.39 is 0 Å². The molecule has 0 bridgehead atoms. The summed E-state index contributed by atoms with van der Waals surface area (Å²) in [6.45, 7) is 4.11. The van der Waals surface area contributed by atoms with Crippen LogP contribution in [0.15, 0.2) is 53.0 Å². The fourth-order valence-electron chi connectivity index (χ4n) is 2.27. The SMILES string of the molecule is Cc1cc(NC(C)c2nnnn2-c2ccccc2)ccc1Br. The first-order valence-electron chi connectivity index (χ1n) is 7.01. The Kier molecular flexibility index (Phi) is 4.20. The Balaban J connectivity index is 1.85. The Morgan fingerprint density at radius 2 is 1.91 bits per heavy atom. The van der Waals surface area contributed by atoms with Crippen LogP contribution < -0.4 is 5.32 Å². The van der Waals surface area contributed by atoms with Crippen LogP contribution >= 0.6 is 15.9 Å². The third-order valence-corrected chi connectivity index (χ3v) is 4.31. The molecule has 1 aromatic heterocycles. The fraction of sp³-hybridized carbons (Fsp3) is 0.188. The number of benzene rings is 2. The van der Waals surface area contributed by atoms with Crippen LogP contribution in [0.2, 0.25) is 0 Å². The summed E-state index contributed by atoms with van der Waals surface area (Å²) in [7, 11) is 0. The van der Waals surface area contributed by atoms with E-state index in [9.17, 15) is 0 Å². The van der Waals surface area contributed by atoms with Crippen molar-refractivity contribution in [2.24, 2.45) is 0 Å². The number of aromatic nitrogens is 4. The molecule has 0 spiro atoms. The lowest BCUT2D eigenvalue weighted by atomic mass is 10.2. The van der Waals surface area contributed by atoms with Crippen molar-refractivity contribution in [2.45, 2.75) is 19.9 Å². The van der Waals surface area contributed by atoms with Gasteiger partial charge in [0.25, 0.3) is 0 Å². The van der Waals surface area contributed by atoms with Crippen LogP contribution in [0.4, 0.5) is 5.69 Å². The van der Waals surface area contributed by atoms with Crippen molar-refractivity contribution >= 4 is 21.6 Å². The number of nitrogens with one attached hydrogen (secondary N) is 1. The predicted octanol–water partition coefficient (Wildman–Crippen LogP) is 3.91. The number of para-hydroxylation sites is 1. The summed E-state index contributed by atoms with van der Waals surface area (Å²) in [5, 5.41) is 15.5. The van der Waals surface area contributed by atoms with Crippen LogP contribution in [0.25, 0.3) is 5.69 Å². The number of nitrogens with zero attached hydrogens (tertiary/aromatic N) is 4. The van der Waals surface area contributed by atoms with E-state index in [0.29, 0.717) is 0 Å². The van der Waals surface area contributed by atoms with E-state index in [1.54, 1.807) is 4.68 Å². The highest BCUT2D eigenvalue weighted by molar-refractivity contribution is 9.10. The molecular weight excluding hydrogens is 342 g/mol. The van der Waals surface area contributed by atoms with Crippen molar-refractivity contribution in [2.75, 3.05) is 5.32 Å². The van der Waals surface area contributed by atoms with E-state index in [4.69, 9.17) is 0 Å². The highest BCUT2D eigenvalue weighted by atomic mass is 79.9. The van der Waals surface area contributed by atoms with Crippen LogP contribution in [0.1, 0.15) is 24.4 Å². The third-order valence-electron chi connectivity index (χ3n) is 3.42. The van der Waals surface area contributed by atoms with Crippen molar-refractivity contribution in [1.82, 2.24) is 20.2 Å². The van der Waals surface area contributed by atoms with Gasteiger partial charge in [-0.05, 0) is 60.2 Å². The van der Waals surface area contributed by atoms with Crippen molar-refractivity contribution < 1.29 is 0 Å². The maximum Gasteiger partial charge on any atom is 0.178 e. The minimum absolute atomic E-state index is 0.0178. The molecule has 1 N–H and O–H groups in total. The summed E-state index contributed by atoms with van der Waals surface area (Å²) in [6, 6.07) is 16.0. The maximum atomic E-state index is 4.16. The summed E-state index contributed by atoms with van der Waals surface area (Å²) >= 11 is 3.51. The summed E-state index contributed by atoms with van der Waals surface area (Å²) in [4.78, 5) is 0. The molecule has 0 aliphatic carbocycles. The van der Waals surface area contributed by atoms with Gasteiger partial charge in [-0.15, -0.1) is 5.10 Å². The Morgan fingerprint density at radius 3 is 2.64 bits per heavy atom. The lowest BCUT2D eigenvalue weighted by Gasteiger charge is -2.15. The number of hydrogen-bond acceptors (Lipinski definition) is 4. The lowest BCUT2D eigenvalue weighted by molar-refractivity contribution is 0.718. The third kappa shape index (κ3) is 3.01. The van der Waals surface area contributed by atoms with Gasteiger partial charge in [0.1, 0.15) is 0 Å².